The van der Waals surface area contributed by atoms with Crippen molar-refractivity contribution in [2.45, 2.75) is 43.4 Å². The van der Waals surface area contributed by atoms with E-state index in [0.29, 0.717) is 35.6 Å². The largest absolute Gasteiger partial charge is 0.493 e. The second-order valence-corrected chi connectivity index (χ2v) is 10.8. The molecule has 0 fully saturated rings. The number of rotatable bonds is 10. The van der Waals surface area contributed by atoms with E-state index in [2.05, 4.69) is 9.88 Å². The third kappa shape index (κ3) is 7.08. The molecule has 1 heterocycles. The van der Waals surface area contributed by atoms with Crippen LogP contribution in [-0.2, 0) is 32.3 Å². The van der Waals surface area contributed by atoms with E-state index in [1.165, 1.54) is 12.3 Å². The van der Waals surface area contributed by atoms with E-state index in [4.69, 9.17) is 9.26 Å². The van der Waals surface area contributed by atoms with Gasteiger partial charge in [0, 0.05) is 24.1 Å². The second-order valence-electron chi connectivity index (χ2n) is 9.10. The summed E-state index contributed by atoms with van der Waals surface area (Å²) >= 11 is 0. The number of ether oxygens (including phenoxy) is 1. The Morgan fingerprint density at radius 1 is 1.18 bits per heavy atom. The quantitative estimate of drug-likeness (QED) is 0.306. The number of nitrogens with one attached hydrogen (secondary N) is 1. The second kappa shape index (κ2) is 11.4. The van der Waals surface area contributed by atoms with E-state index in [-0.39, 0.29) is 29.5 Å². The monoisotopic (exact) mass is 562 g/mol. The summed E-state index contributed by atoms with van der Waals surface area (Å²) in [6.07, 6.45) is 0.856. The van der Waals surface area contributed by atoms with Crippen LogP contribution in [0.2, 0.25) is 0 Å². The Labute approximate surface area is 222 Å². The van der Waals surface area contributed by atoms with Gasteiger partial charge in [0.1, 0.15) is 12.9 Å². The van der Waals surface area contributed by atoms with Gasteiger partial charge >= 0.3 is 12.1 Å². The van der Waals surface area contributed by atoms with Crippen molar-refractivity contribution in [1.29, 1.82) is 0 Å². The first kappa shape index (κ1) is 28.0. The summed E-state index contributed by atoms with van der Waals surface area (Å²) in [4.78, 5) is 11.1. The molecular weight excluding hydrogens is 537 g/mol. The van der Waals surface area contributed by atoms with Gasteiger partial charge in [0.2, 0.25) is 0 Å². The van der Waals surface area contributed by atoms with Gasteiger partial charge in [-0.05, 0) is 54.0 Å². The molecule has 1 aliphatic carbocycles. The number of aromatic nitrogens is 1. The third-order valence-corrected chi connectivity index (χ3v) is 7.63. The van der Waals surface area contributed by atoms with E-state index in [1.807, 2.05) is 13.0 Å². The molecule has 206 valence electrons. The summed E-state index contributed by atoms with van der Waals surface area (Å²) in [6.45, 7) is 2.10. The normalized spacial score (nSPS) is 16.7. The van der Waals surface area contributed by atoms with Gasteiger partial charge in [0.05, 0.1) is 28.3 Å². The summed E-state index contributed by atoms with van der Waals surface area (Å²) in [7, 11) is -4.11. The summed E-state index contributed by atoms with van der Waals surface area (Å²) in [6, 6.07) is 11.4. The maximum Gasteiger partial charge on any atom is 0.416 e. The van der Waals surface area contributed by atoms with Crippen molar-refractivity contribution in [3.8, 4) is 0 Å². The van der Waals surface area contributed by atoms with Crippen LogP contribution >= 0.6 is 0 Å². The molecule has 0 amide bonds. The lowest BCUT2D eigenvalue weighted by atomic mass is 9.80. The SMILES string of the molecule is CC1CC(OCc2cccc(NS(=O)(=O)c3ccc(C(F)(F)F)cc3)c2)=CC=C1[C@H](CC(=O)O)c1ccon1. The number of allylic oxidation sites excluding steroid dienone is 4. The number of hydrogen-bond donors (Lipinski definition) is 2. The number of halogens is 3. The minimum absolute atomic E-state index is 0.0204. The van der Waals surface area contributed by atoms with E-state index in [9.17, 15) is 31.5 Å². The average molecular weight is 563 g/mol. The Morgan fingerprint density at radius 2 is 1.92 bits per heavy atom. The summed E-state index contributed by atoms with van der Waals surface area (Å²) in [5.74, 6) is -0.719. The highest BCUT2D eigenvalue weighted by molar-refractivity contribution is 7.92. The lowest BCUT2D eigenvalue weighted by Crippen LogP contribution is -2.17. The number of hydrogen-bond acceptors (Lipinski definition) is 6. The molecule has 2 aromatic carbocycles. The number of anilines is 1. The standard InChI is InChI=1S/C27H25F3N2O6S/c1-17-13-21(7-10-23(17)24(15-26(33)34)25-11-12-38-31-25)37-16-18-3-2-4-20(14-18)32-39(35,36)22-8-5-19(6-9-22)27(28,29)30/h2-12,14,17,24,32H,13,15-16H2,1H3,(H,33,34)/t17?,24-/m0/s1. The molecule has 0 saturated heterocycles. The lowest BCUT2D eigenvalue weighted by molar-refractivity contribution is -0.138. The van der Waals surface area contributed by atoms with Crippen LogP contribution in [0.4, 0.5) is 18.9 Å². The van der Waals surface area contributed by atoms with Gasteiger partial charge in [-0.15, -0.1) is 0 Å². The van der Waals surface area contributed by atoms with Crippen molar-refractivity contribution in [1.82, 2.24) is 5.16 Å². The molecule has 39 heavy (non-hydrogen) atoms. The summed E-state index contributed by atoms with van der Waals surface area (Å²) < 4.78 is 76.9. The smallest absolute Gasteiger partial charge is 0.416 e. The van der Waals surface area contributed by atoms with Gasteiger partial charge in [-0.1, -0.05) is 35.9 Å². The number of nitrogens with zero attached hydrogens (tertiary/aromatic N) is 1. The van der Waals surface area contributed by atoms with Crippen molar-refractivity contribution in [3.63, 3.8) is 0 Å². The number of carbonyl (C=O) groups is 1. The molecule has 2 N–H and O–H groups in total. The number of benzene rings is 2. The van der Waals surface area contributed by atoms with Crippen LogP contribution in [0.15, 0.2) is 93.8 Å². The zero-order valence-corrected chi connectivity index (χ0v) is 21.5. The number of alkyl halides is 3. The fraction of sp³-hybridized carbons (Fsp3) is 0.259. The predicted molar refractivity (Wildman–Crippen MR) is 135 cm³/mol. The highest BCUT2D eigenvalue weighted by atomic mass is 32.2. The van der Waals surface area contributed by atoms with Crippen LogP contribution in [0.5, 0.6) is 0 Å². The van der Waals surface area contributed by atoms with E-state index in [1.54, 1.807) is 30.3 Å². The van der Waals surface area contributed by atoms with Crippen molar-refractivity contribution in [2.75, 3.05) is 4.72 Å². The Kier molecular flexibility index (Phi) is 8.14. The average Bonchev–Trinajstić information content (AvgIpc) is 3.41. The molecule has 3 aromatic rings. The van der Waals surface area contributed by atoms with Crippen molar-refractivity contribution >= 4 is 21.7 Å². The molecule has 1 unspecified atom stereocenters. The molecule has 12 heteroatoms. The van der Waals surface area contributed by atoms with Crippen LogP contribution in [0.1, 0.15) is 42.5 Å². The lowest BCUT2D eigenvalue weighted by Gasteiger charge is -2.26. The molecule has 4 rings (SSSR count). The van der Waals surface area contributed by atoms with Gasteiger partial charge in [-0.2, -0.15) is 13.2 Å². The first-order valence-corrected chi connectivity index (χ1v) is 13.4. The number of carboxylic acid groups (broad SMARTS) is 1. The molecule has 0 saturated carbocycles. The molecule has 0 aliphatic heterocycles. The van der Waals surface area contributed by atoms with E-state index < -0.39 is 33.7 Å². The summed E-state index contributed by atoms with van der Waals surface area (Å²) in [5.41, 5.74) is 1.40. The van der Waals surface area contributed by atoms with Crippen LogP contribution in [-0.4, -0.2) is 24.7 Å². The van der Waals surface area contributed by atoms with Gasteiger partial charge in [0.25, 0.3) is 10.0 Å². The third-order valence-electron chi connectivity index (χ3n) is 6.23. The summed E-state index contributed by atoms with van der Waals surface area (Å²) in [5, 5.41) is 13.3. The Balaban J connectivity index is 1.42. The topological polar surface area (TPSA) is 119 Å². The zero-order chi connectivity index (χ0) is 28.2. The first-order chi connectivity index (χ1) is 18.4. The van der Waals surface area contributed by atoms with Gasteiger partial charge in [0.15, 0.2) is 0 Å². The van der Waals surface area contributed by atoms with Crippen LogP contribution in [0.25, 0.3) is 0 Å². The van der Waals surface area contributed by atoms with Crippen LogP contribution < -0.4 is 4.72 Å². The van der Waals surface area contributed by atoms with Gasteiger partial charge in [-0.25, -0.2) is 8.42 Å². The van der Waals surface area contributed by atoms with Crippen LogP contribution in [0.3, 0.4) is 0 Å². The Bertz CT molecular complexity index is 1480. The highest BCUT2D eigenvalue weighted by Crippen LogP contribution is 2.37. The minimum Gasteiger partial charge on any atom is -0.493 e. The molecule has 0 spiro atoms. The highest BCUT2D eigenvalue weighted by Gasteiger charge is 2.31. The van der Waals surface area contributed by atoms with Gasteiger partial charge < -0.3 is 14.4 Å². The minimum atomic E-state index is -4.57. The van der Waals surface area contributed by atoms with Crippen molar-refractivity contribution < 1.29 is 40.8 Å². The maximum atomic E-state index is 12.8. The fourth-order valence-corrected chi connectivity index (χ4v) is 5.36. The number of aliphatic carboxylic acids is 1. The maximum absolute atomic E-state index is 12.8. The zero-order valence-electron chi connectivity index (χ0n) is 20.7. The van der Waals surface area contributed by atoms with Crippen molar-refractivity contribution in [2.24, 2.45) is 5.92 Å². The van der Waals surface area contributed by atoms with E-state index >= 15 is 0 Å². The molecule has 2 atom stereocenters. The predicted octanol–water partition coefficient (Wildman–Crippen LogP) is 6.12. The first-order valence-electron chi connectivity index (χ1n) is 11.9. The fourth-order valence-electron chi connectivity index (χ4n) is 4.31. The Hall–Kier alpha value is -4.06. The molecule has 8 nitrogen and oxygen atoms in total. The molecule has 1 aromatic heterocycles. The van der Waals surface area contributed by atoms with E-state index in [0.717, 1.165) is 17.7 Å². The van der Waals surface area contributed by atoms with Gasteiger partial charge in [-0.3, -0.25) is 9.52 Å². The molecule has 0 radical (unpaired) electrons. The molecule has 0 bridgehead atoms. The van der Waals surface area contributed by atoms with Crippen molar-refractivity contribution in [3.05, 3.63) is 101 Å². The van der Waals surface area contributed by atoms with Crippen LogP contribution in [0, 0.1) is 5.92 Å². The Morgan fingerprint density at radius 3 is 2.54 bits per heavy atom. The molecule has 1 aliphatic rings. The number of carboxylic acids is 1. The number of sulfonamides is 1. The molecular formula is C27H25F3N2O6S.